The van der Waals surface area contributed by atoms with E-state index in [1.54, 1.807) is 0 Å². The van der Waals surface area contributed by atoms with Crippen molar-refractivity contribution in [3.05, 3.63) is 23.8 Å². The van der Waals surface area contributed by atoms with Gasteiger partial charge in [0.2, 0.25) is 10.0 Å². The second kappa shape index (κ2) is 9.58. The predicted octanol–water partition coefficient (Wildman–Crippen LogP) is 3.28. The summed E-state index contributed by atoms with van der Waals surface area (Å²) in [5, 5.41) is -0.494. The smallest absolute Gasteiger partial charge is 0.217 e. The van der Waals surface area contributed by atoms with E-state index < -0.39 is 15.3 Å². The molecule has 1 N–H and O–H groups in total. The standard InChI is InChI=1S/C19H31NO5S/c1-5-24-17-10-9-15(12-18(17)25-6-2)19(14(3)4)20-26(21,22)16-8-7-11-23-13-16/h9-10,12,14,16,19-20H,5-8,11,13H2,1-4H3/t16-,19-/m1/s1. The maximum atomic E-state index is 12.8. The van der Waals surface area contributed by atoms with Crippen molar-refractivity contribution in [3.8, 4) is 11.5 Å². The lowest BCUT2D eigenvalue weighted by molar-refractivity contribution is 0.0986. The molecule has 0 spiro atoms. The highest BCUT2D eigenvalue weighted by Crippen LogP contribution is 2.33. The Kier molecular flexibility index (Phi) is 7.73. The molecule has 1 aromatic carbocycles. The third-order valence-electron chi connectivity index (χ3n) is 4.44. The molecule has 1 aliphatic heterocycles. The molecule has 148 valence electrons. The summed E-state index contributed by atoms with van der Waals surface area (Å²) in [6.07, 6.45) is 1.41. The lowest BCUT2D eigenvalue weighted by Gasteiger charge is -2.28. The van der Waals surface area contributed by atoms with Gasteiger partial charge < -0.3 is 14.2 Å². The van der Waals surface area contributed by atoms with E-state index in [0.717, 1.165) is 12.0 Å². The van der Waals surface area contributed by atoms with Crippen LogP contribution in [0.1, 0.15) is 52.1 Å². The molecule has 0 aliphatic carbocycles. The van der Waals surface area contributed by atoms with Gasteiger partial charge in [0, 0.05) is 12.6 Å². The highest BCUT2D eigenvalue weighted by Gasteiger charge is 2.32. The summed E-state index contributed by atoms with van der Waals surface area (Å²) in [4.78, 5) is 0. The van der Waals surface area contributed by atoms with E-state index in [4.69, 9.17) is 14.2 Å². The molecule has 1 saturated heterocycles. The summed E-state index contributed by atoms with van der Waals surface area (Å²) in [5.74, 6) is 1.39. The van der Waals surface area contributed by atoms with Crippen LogP contribution in [0, 0.1) is 5.92 Å². The summed E-state index contributed by atoms with van der Waals surface area (Å²) in [5.41, 5.74) is 0.868. The minimum Gasteiger partial charge on any atom is -0.490 e. The number of ether oxygens (including phenoxy) is 3. The number of nitrogens with one attached hydrogen (secondary N) is 1. The van der Waals surface area contributed by atoms with E-state index in [-0.39, 0.29) is 18.6 Å². The van der Waals surface area contributed by atoms with Crippen molar-refractivity contribution in [3.63, 3.8) is 0 Å². The summed E-state index contributed by atoms with van der Waals surface area (Å²) in [6, 6.07) is 5.28. The van der Waals surface area contributed by atoms with Crippen molar-refractivity contribution in [2.45, 2.75) is 51.8 Å². The Labute approximate surface area is 157 Å². The van der Waals surface area contributed by atoms with Crippen LogP contribution in [0.3, 0.4) is 0 Å². The molecule has 1 aliphatic rings. The largest absolute Gasteiger partial charge is 0.490 e. The zero-order chi connectivity index (χ0) is 19.2. The molecule has 1 heterocycles. The van der Waals surface area contributed by atoms with Crippen molar-refractivity contribution in [1.29, 1.82) is 0 Å². The lowest BCUT2D eigenvalue weighted by Crippen LogP contribution is -2.42. The fraction of sp³-hybridized carbons (Fsp3) is 0.684. The fourth-order valence-electron chi connectivity index (χ4n) is 3.08. The summed E-state index contributed by atoms with van der Waals surface area (Å²) in [7, 11) is -3.47. The Bertz CT molecular complexity index is 669. The van der Waals surface area contributed by atoms with Crippen LogP contribution in [-0.4, -0.2) is 40.1 Å². The quantitative estimate of drug-likeness (QED) is 0.706. The van der Waals surface area contributed by atoms with Crippen molar-refractivity contribution >= 4 is 10.0 Å². The van der Waals surface area contributed by atoms with Crippen molar-refractivity contribution in [2.24, 2.45) is 5.92 Å². The van der Waals surface area contributed by atoms with Crippen molar-refractivity contribution in [1.82, 2.24) is 4.72 Å². The van der Waals surface area contributed by atoms with Crippen LogP contribution in [0.15, 0.2) is 18.2 Å². The zero-order valence-corrected chi connectivity index (χ0v) is 17.0. The maximum absolute atomic E-state index is 12.8. The molecule has 2 rings (SSSR count). The van der Waals surface area contributed by atoms with E-state index in [1.807, 2.05) is 45.9 Å². The van der Waals surface area contributed by atoms with E-state index in [9.17, 15) is 8.42 Å². The van der Waals surface area contributed by atoms with Crippen LogP contribution in [0.2, 0.25) is 0 Å². The Morgan fingerprint density at radius 3 is 2.46 bits per heavy atom. The van der Waals surface area contributed by atoms with Gasteiger partial charge in [0.15, 0.2) is 11.5 Å². The molecule has 1 fully saturated rings. The second-order valence-electron chi connectivity index (χ2n) is 6.80. The third kappa shape index (κ3) is 5.34. The van der Waals surface area contributed by atoms with Crippen LogP contribution >= 0.6 is 0 Å². The second-order valence-corrected chi connectivity index (χ2v) is 8.79. The topological polar surface area (TPSA) is 73.9 Å². The van der Waals surface area contributed by atoms with Crippen LogP contribution in [-0.2, 0) is 14.8 Å². The predicted molar refractivity (Wildman–Crippen MR) is 102 cm³/mol. The maximum Gasteiger partial charge on any atom is 0.217 e. The Balaban J connectivity index is 2.27. The van der Waals surface area contributed by atoms with Gasteiger partial charge in [-0.2, -0.15) is 0 Å². The van der Waals surface area contributed by atoms with E-state index in [1.165, 1.54) is 0 Å². The van der Waals surface area contributed by atoms with Crippen LogP contribution < -0.4 is 14.2 Å². The molecule has 0 bridgehead atoms. The first kappa shape index (κ1) is 21.0. The molecule has 2 atom stereocenters. The van der Waals surface area contributed by atoms with Gasteiger partial charge in [-0.3, -0.25) is 0 Å². The minimum atomic E-state index is -3.47. The van der Waals surface area contributed by atoms with Gasteiger partial charge in [-0.05, 0) is 50.3 Å². The van der Waals surface area contributed by atoms with Crippen LogP contribution in [0.5, 0.6) is 11.5 Å². The Morgan fingerprint density at radius 2 is 1.88 bits per heavy atom. The number of sulfonamides is 1. The fourth-order valence-corrected chi connectivity index (χ4v) is 4.79. The Hall–Kier alpha value is -1.31. The normalized spacial score (nSPS) is 19.3. The first-order valence-electron chi connectivity index (χ1n) is 9.37. The third-order valence-corrected chi connectivity index (χ3v) is 6.27. The molecule has 6 nitrogen and oxygen atoms in total. The number of benzene rings is 1. The number of hydrogen-bond acceptors (Lipinski definition) is 5. The van der Waals surface area contributed by atoms with Gasteiger partial charge in [-0.1, -0.05) is 19.9 Å². The highest BCUT2D eigenvalue weighted by molar-refractivity contribution is 7.90. The van der Waals surface area contributed by atoms with Gasteiger partial charge in [0.25, 0.3) is 0 Å². The van der Waals surface area contributed by atoms with Gasteiger partial charge >= 0.3 is 0 Å². The molecule has 0 amide bonds. The monoisotopic (exact) mass is 385 g/mol. The van der Waals surface area contributed by atoms with Crippen LogP contribution in [0.25, 0.3) is 0 Å². The van der Waals surface area contributed by atoms with E-state index >= 15 is 0 Å². The SMILES string of the molecule is CCOc1ccc([C@H](NS(=O)(=O)[C@@H]2CCCOC2)C(C)C)cc1OCC. The molecule has 1 aromatic rings. The molecule has 0 unspecified atom stereocenters. The number of hydrogen-bond donors (Lipinski definition) is 1. The van der Waals surface area contributed by atoms with Gasteiger partial charge in [-0.25, -0.2) is 13.1 Å². The average molecular weight is 386 g/mol. The van der Waals surface area contributed by atoms with E-state index in [2.05, 4.69) is 4.72 Å². The molecule has 0 radical (unpaired) electrons. The van der Waals surface area contributed by atoms with Crippen molar-refractivity contribution in [2.75, 3.05) is 26.4 Å². The summed E-state index contributed by atoms with van der Waals surface area (Å²) in [6.45, 7) is 9.78. The average Bonchev–Trinajstić information content (AvgIpc) is 2.62. The lowest BCUT2D eigenvalue weighted by atomic mass is 9.97. The minimum absolute atomic E-state index is 0.0849. The molecule has 7 heteroatoms. The highest BCUT2D eigenvalue weighted by atomic mass is 32.2. The summed E-state index contributed by atoms with van der Waals surface area (Å²) < 4.78 is 45.1. The number of rotatable bonds is 9. The zero-order valence-electron chi connectivity index (χ0n) is 16.2. The van der Waals surface area contributed by atoms with E-state index in [0.29, 0.717) is 37.7 Å². The molecular weight excluding hydrogens is 354 g/mol. The first-order chi connectivity index (χ1) is 12.4. The molecule has 0 saturated carbocycles. The Morgan fingerprint density at radius 1 is 1.19 bits per heavy atom. The van der Waals surface area contributed by atoms with Gasteiger partial charge in [0.1, 0.15) is 0 Å². The summed E-state index contributed by atoms with van der Waals surface area (Å²) >= 11 is 0. The van der Waals surface area contributed by atoms with Crippen LogP contribution in [0.4, 0.5) is 0 Å². The van der Waals surface area contributed by atoms with Crippen molar-refractivity contribution < 1.29 is 22.6 Å². The molecular formula is C19H31NO5S. The van der Waals surface area contributed by atoms with Gasteiger partial charge in [-0.15, -0.1) is 0 Å². The first-order valence-corrected chi connectivity index (χ1v) is 10.9. The molecule has 26 heavy (non-hydrogen) atoms. The molecule has 0 aromatic heterocycles. The van der Waals surface area contributed by atoms with Gasteiger partial charge in [0.05, 0.1) is 25.1 Å².